The van der Waals surface area contributed by atoms with Crippen molar-refractivity contribution < 1.29 is 0 Å². The van der Waals surface area contributed by atoms with Crippen LogP contribution in [-0.2, 0) is 6.42 Å². The van der Waals surface area contributed by atoms with Crippen molar-refractivity contribution in [2.24, 2.45) is 0 Å². The van der Waals surface area contributed by atoms with E-state index in [1.807, 2.05) is 0 Å². The van der Waals surface area contributed by atoms with Crippen LogP contribution in [0.25, 0.3) is 11.3 Å². The van der Waals surface area contributed by atoms with Crippen molar-refractivity contribution in [2.45, 2.75) is 19.4 Å². The monoisotopic (exact) mass is 259 g/mol. The number of hydrogen-bond donors (Lipinski definition) is 0. The molecule has 3 aromatic rings. The molecule has 0 aliphatic carbocycles. The number of hydrogen-bond acceptors (Lipinski definition) is 0. The highest BCUT2D eigenvalue weighted by atomic mass is 15.0. The van der Waals surface area contributed by atoms with Crippen molar-refractivity contribution in [3.63, 3.8) is 0 Å². The molecule has 0 N–H and O–H groups in total. The van der Waals surface area contributed by atoms with Gasteiger partial charge < -0.3 is 4.57 Å². The summed E-state index contributed by atoms with van der Waals surface area (Å²) in [5, 5.41) is 0. The smallest absolute Gasteiger partial charge is 0.0632 e. The molecular weight excluding hydrogens is 242 g/mol. The Hall–Kier alpha value is -2.28. The molecule has 98 valence electrons. The Morgan fingerprint density at radius 1 is 0.900 bits per heavy atom. The minimum Gasteiger partial charge on any atom is -0.340 e. The van der Waals surface area contributed by atoms with E-state index >= 15 is 0 Å². The van der Waals surface area contributed by atoms with E-state index in [4.69, 9.17) is 0 Å². The summed E-state index contributed by atoms with van der Waals surface area (Å²) in [5.41, 5.74) is 6.90. The third-order valence-electron chi connectivity index (χ3n) is 4.26. The van der Waals surface area contributed by atoms with Gasteiger partial charge in [-0.2, -0.15) is 0 Å². The molecular formula is C19H17N. The second kappa shape index (κ2) is 4.38. The van der Waals surface area contributed by atoms with E-state index < -0.39 is 0 Å². The first kappa shape index (κ1) is 11.5. The van der Waals surface area contributed by atoms with E-state index in [1.54, 1.807) is 0 Å². The summed E-state index contributed by atoms with van der Waals surface area (Å²) in [4.78, 5) is 0. The predicted octanol–water partition coefficient (Wildman–Crippen LogP) is 4.61. The molecule has 1 heteroatoms. The van der Waals surface area contributed by atoms with Gasteiger partial charge in [-0.3, -0.25) is 0 Å². The molecule has 1 unspecified atom stereocenters. The van der Waals surface area contributed by atoms with E-state index in [0.717, 1.165) is 6.42 Å². The van der Waals surface area contributed by atoms with E-state index in [-0.39, 0.29) is 0 Å². The lowest BCUT2D eigenvalue weighted by Crippen LogP contribution is -2.08. The van der Waals surface area contributed by atoms with Gasteiger partial charge in [0.05, 0.1) is 6.04 Å². The van der Waals surface area contributed by atoms with E-state index in [2.05, 4.69) is 78.4 Å². The summed E-state index contributed by atoms with van der Waals surface area (Å²) < 4.78 is 2.41. The predicted molar refractivity (Wildman–Crippen MR) is 82.9 cm³/mol. The van der Waals surface area contributed by atoms with Crippen molar-refractivity contribution >= 4 is 0 Å². The molecule has 1 nitrogen and oxygen atoms in total. The fraction of sp³-hybridized carbons (Fsp3) is 0.158. The second-order valence-electron chi connectivity index (χ2n) is 5.59. The van der Waals surface area contributed by atoms with Crippen molar-refractivity contribution in [1.82, 2.24) is 4.57 Å². The summed E-state index contributed by atoms with van der Waals surface area (Å²) in [5.74, 6) is 0. The third kappa shape index (κ3) is 1.70. The zero-order valence-electron chi connectivity index (χ0n) is 11.6. The highest BCUT2D eigenvalue weighted by Crippen LogP contribution is 2.41. The summed E-state index contributed by atoms with van der Waals surface area (Å²) >= 11 is 0. The van der Waals surface area contributed by atoms with Gasteiger partial charge >= 0.3 is 0 Å². The Bertz CT molecular complexity index is 749. The molecule has 0 amide bonds. The molecule has 1 aliphatic rings. The Balaban J connectivity index is 1.77. The van der Waals surface area contributed by atoms with Gasteiger partial charge in [0.2, 0.25) is 0 Å². The van der Waals surface area contributed by atoms with Crippen molar-refractivity contribution in [3.8, 4) is 11.3 Å². The van der Waals surface area contributed by atoms with Crippen LogP contribution in [0.4, 0.5) is 0 Å². The first-order valence-corrected chi connectivity index (χ1v) is 7.14. The molecule has 1 aromatic heterocycles. The molecule has 2 heterocycles. The number of benzene rings is 2. The van der Waals surface area contributed by atoms with Gasteiger partial charge in [0.15, 0.2) is 0 Å². The van der Waals surface area contributed by atoms with E-state index in [0.29, 0.717) is 6.04 Å². The van der Waals surface area contributed by atoms with Crippen LogP contribution in [0.15, 0.2) is 66.9 Å². The van der Waals surface area contributed by atoms with Crippen molar-refractivity contribution in [2.75, 3.05) is 0 Å². The fourth-order valence-electron chi connectivity index (χ4n) is 3.22. The molecule has 20 heavy (non-hydrogen) atoms. The fourth-order valence-corrected chi connectivity index (χ4v) is 3.22. The van der Waals surface area contributed by atoms with Gasteiger partial charge in [-0.15, -0.1) is 0 Å². The van der Waals surface area contributed by atoms with Crippen LogP contribution in [0.1, 0.15) is 22.7 Å². The standard InChI is InChI=1S/C19H17N/c1-14-8-10-15(11-9-14)13-19-17-6-3-2-5-16(17)18-7-4-12-20(18)19/h2-12,19H,13H2,1H3. The number of aromatic nitrogens is 1. The van der Waals surface area contributed by atoms with Crippen LogP contribution in [0.3, 0.4) is 0 Å². The number of fused-ring (bicyclic) bond motifs is 3. The van der Waals surface area contributed by atoms with Crippen molar-refractivity contribution in [3.05, 3.63) is 83.6 Å². The lowest BCUT2D eigenvalue weighted by molar-refractivity contribution is 0.613. The summed E-state index contributed by atoms with van der Waals surface area (Å²) in [6.07, 6.45) is 3.26. The van der Waals surface area contributed by atoms with Crippen LogP contribution < -0.4 is 0 Å². The van der Waals surface area contributed by atoms with Crippen molar-refractivity contribution in [1.29, 1.82) is 0 Å². The van der Waals surface area contributed by atoms with Crippen LogP contribution in [0.2, 0.25) is 0 Å². The van der Waals surface area contributed by atoms with Crippen LogP contribution in [0.5, 0.6) is 0 Å². The number of nitrogens with zero attached hydrogens (tertiary/aromatic N) is 1. The molecule has 0 fully saturated rings. The number of aryl methyl sites for hydroxylation is 1. The van der Waals surface area contributed by atoms with Gasteiger partial charge in [0.1, 0.15) is 0 Å². The maximum absolute atomic E-state index is 2.41. The van der Waals surface area contributed by atoms with Crippen LogP contribution in [0, 0.1) is 6.92 Å². The molecule has 0 saturated carbocycles. The summed E-state index contributed by atoms with van der Waals surface area (Å²) in [7, 11) is 0. The van der Waals surface area contributed by atoms with E-state index in [9.17, 15) is 0 Å². The minimum absolute atomic E-state index is 0.430. The van der Waals surface area contributed by atoms with Gasteiger partial charge in [0, 0.05) is 17.5 Å². The van der Waals surface area contributed by atoms with Gasteiger partial charge in [-0.1, -0.05) is 54.1 Å². The Morgan fingerprint density at radius 2 is 1.70 bits per heavy atom. The van der Waals surface area contributed by atoms with Crippen LogP contribution in [-0.4, -0.2) is 4.57 Å². The zero-order valence-corrected chi connectivity index (χ0v) is 11.6. The zero-order chi connectivity index (χ0) is 13.5. The molecule has 4 rings (SSSR count). The summed E-state index contributed by atoms with van der Waals surface area (Å²) in [6, 6.07) is 22.5. The Labute approximate surface area is 119 Å². The molecule has 1 aliphatic heterocycles. The minimum atomic E-state index is 0.430. The SMILES string of the molecule is Cc1ccc(CC2c3ccccc3-c3cccn32)cc1. The highest BCUT2D eigenvalue weighted by Gasteiger charge is 2.26. The maximum atomic E-state index is 2.41. The molecule has 2 aromatic carbocycles. The summed E-state index contributed by atoms with van der Waals surface area (Å²) in [6.45, 7) is 2.14. The first-order chi connectivity index (χ1) is 9.83. The lowest BCUT2D eigenvalue weighted by Gasteiger charge is -2.15. The second-order valence-corrected chi connectivity index (χ2v) is 5.59. The number of rotatable bonds is 2. The van der Waals surface area contributed by atoms with Crippen LogP contribution >= 0.6 is 0 Å². The topological polar surface area (TPSA) is 4.93 Å². The van der Waals surface area contributed by atoms with Gasteiger partial charge in [-0.05, 0) is 36.6 Å². The molecule has 0 bridgehead atoms. The largest absolute Gasteiger partial charge is 0.340 e. The average Bonchev–Trinajstić information content (AvgIpc) is 3.05. The molecule has 0 spiro atoms. The first-order valence-electron chi connectivity index (χ1n) is 7.14. The van der Waals surface area contributed by atoms with E-state index in [1.165, 1.54) is 27.9 Å². The van der Waals surface area contributed by atoms with Gasteiger partial charge in [-0.25, -0.2) is 0 Å². The Kier molecular flexibility index (Phi) is 2.53. The molecule has 0 saturated heterocycles. The lowest BCUT2D eigenvalue weighted by atomic mass is 9.97. The maximum Gasteiger partial charge on any atom is 0.0632 e. The van der Waals surface area contributed by atoms with Gasteiger partial charge in [0.25, 0.3) is 0 Å². The third-order valence-corrected chi connectivity index (χ3v) is 4.26. The molecule has 0 radical (unpaired) electrons. The quantitative estimate of drug-likeness (QED) is 0.633. The molecule has 1 atom stereocenters. The normalized spacial score (nSPS) is 15.9. The Morgan fingerprint density at radius 3 is 2.55 bits per heavy atom. The highest BCUT2D eigenvalue weighted by molar-refractivity contribution is 5.70. The average molecular weight is 259 g/mol.